The second-order valence-corrected chi connectivity index (χ2v) is 21.4. The molecular weight excluding hydrogens is 922 g/mol. The second kappa shape index (κ2) is 15.7. The lowest BCUT2D eigenvalue weighted by Crippen LogP contribution is -2.60. The van der Waals surface area contributed by atoms with Crippen molar-refractivity contribution in [3.8, 4) is 114 Å². The van der Waals surface area contributed by atoms with Gasteiger partial charge in [0, 0.05) is 57.2 Å². The Morgan fingerprint density at radius 1 is 0.432 bits per heavy atom. The van der Waals surface area contributed by atoms with Crippen molar-refractivity contribution in [2.45, 2.75) is 65.6 Å². The highest BCUT2D eigenvalue weighted by Crippen LogP contribution is 2.48. The molecule has 0 N–H and O–H groups in total. The lowest BCUT2D eigenvalue weighted by Gasteiger charge is -2.39. The molecule has 0 amide bonds. The summed E-state index contributed by atoms with van der Waals surface area (Å²) in [6, 6.07) is 43.6. The summed E-state index contributed by atoms with van der Waals surface area (Å²) in [5, 5.41) is 0. The second-order valence-electron chi connectivity index (χ2n) is 21.4. The first-order valence-electron chi connectivity index (χ1n) is 25.3. The number of nitrogens with zero attached hydrogens (tertiary/aromatic N) is 2. The van der Waals surface area contributed by atoms with Gasteiger partial charge in [-0.25, -0.2) is 9.97 Å². The summed E-state index contributed by atoms with van der Waals surface area (Å²) in [7, 11) is 0. The summed E-state index contributed by atoms with van der Waals surface area (Å²) in [5.41, 5.74) is 13.7. The van der Waals surface area contributed by atoms with Gasteiger partial charge in [0.1, 0.15) is 92.9 Å². The monoisotopic (exact) mass is 968 g/mol. The molecule has 358 valence electrons. The van der Waals surface area contributed by atoms with Gasteiger partial charge in [-0.2, -0.15) is 0 Å². The smallest absolute Gasteiger partial charge is 0.270 e. The van der Waals surface area contributed by atoms with E-state index in [1.165, 1.54) is 6.33 Å². The summed E-state index contributed by atoms with van der Waals surface area (Å²) in [6.45, 7) is 12.5. The van der Waals surface area contributed by atoms with Crippen LogP contribution in [-0.4, -0.2) is 35.6 Å². The van der Waals surface area contributed by atoms with Gasteiger partial charge in [0.05, 0.1) is 6.10 Å². The summed E-state index contributed by atoms with van der Waals surface area (Å²) in [5.74, 6) is 10.8. The van der Waals surface area contributed by atoms with E-state index in [2.05, 4.69) is 123 Å². The van der Waals surface area contributed by atoms with Gasteiger partial charge in [0.25, 0.3) is 13.4 Å². The number of benzene rings is 8. The maximum atomic E-state index is 7.04. The van der Waals surface area contributed by atoms with Gasteiger partial charge in [-0.05, 0) is 156 Å². The van der Waals surface area contributed by atoms with Crippen molar-refractivity contribution < 1.29 is 37.9 Å². The fraction of sp³-hybridized carbons (Fsp3) is 0.161. The van der Waals surface area contributed by atoms with Crippen LogP contribution in [0, 0.1) is 0 Å². The lowest BCUT2D eigenvalue weighted by molar-refractivity contribution is 0.221. The van der Waals surface area contributed by atoms with Crippen LogP contribution in [-0.2, 0) is 11.8 Å². The predicted molar refractivity (Wildman–Crippen MR) is 289 cm³/mol. The van der Waals surface area contributed by atoms with Crippen LogP contribution in [0.4, 0.5) is 0 Å². The Labute approximate surface area is 428 Å². The summed E-state index contributed by atoms with van der Waals surface area (Å²) in [6.07, 6.45) is 5.55. The van der Waals surface area contributed by atoms with Crippen LogP contribution in [0.25, 0.3) is 33.4 Å². The zero-order valence-corrected chi connectivity index (χ0v) is 41.5. The molecule has 1 aromatic heterocycles. The number of aromatic nitrogens is 2. The zero-order chi connectivity index (χ0) is 49.7. The fourth-order valence-electron chi connectivity index (χ4n) is 11.8. The van der Waals surface area contributed by atoms with E-state index >= 15 is 0 Å². The molecular formula is C62H46B2N2O8. The van der Waals surface area contributed by atoms with Crippen LogP contribution < -0.4 is 70.7 Å². The van der Waals surface area contributed by atoms with Crippen molar-refractivity contribution in [1.29, 1.82) is 0 Å². The minimum Gasteiger partial charge on any atom is -0.491 e. The summed E-state index contributed by atoms with van der Waals surface area (Å²) in [4.78, 5) is 8.64. The molecule has 0 spiro atoms. The van der Waals surface area contributed by atoms with Crippen LogP contribution in [0.5, 0.6) is 80.5 Å². The van der Waals surface area contributed by atoms with Gasteiger partial charge in [0.15, 0.2) is 0 Å². The van der Waals surface area contributed by atoms with Crippen molar-refractivity contribution >= 4 is 46.2 Å². The molecule has 0 bridgehead atoms. The highest BCUT2D eigenvalue weighted by molar-refractivity contribution is 7.00. The van der Waals surface area contributed by atoms with Crippen LogP contribution in [0.3, 0.4) is 0 Å². The van der Waals surface area contributed by atoms with Crippen molar-refractivity contribution in [1.82, 2.24) is 9.97 Å². The van der Waals surface area contributed by atoms with Gasteiger partial charge >= 0.3 is 0 Å². The Bertz CT molecular complexity index is 3910. The summed E-state index contributed by atoms with van der Waals surface area (Å²) >= 11 is 0. The van der Waals surface area contributed by atoms with Gasteiger partial charge < -0.3 is 37.9 Å². The molecule has 1 atom stereocenters. The van der Waals surface area contributed by atoms with Crippen molar-refractivity contribution in [2.75, 3.05) is 0 Å². The Morgan fingerprint density at radius 3 is 1.39 bits per heavy atom. The van der Waals surface area contributed by atoms with Gasteiger partial charge in [0.2, 0.25) is 0 Å². The van der Waals surface area contributed by atoms with E-state index in [1.54, 1.807) is 0 Å². The molecule has 6 aliphatic rings. The van der Waals surface area contributed by atoms with Crippen LogP contribution in [0.15, 0.2) is 146 Å². The molecule has 6 aliphatic heterocycles. The molecule has 1 unspecified atom stereocenters. The third kappa shape index (κ3) is 6.66. The molecule has 9 aromatic rings. The van der Waals surface area contributed by atoms with Crippen molar-refractivity contribution in [3.05, 3.63) is 157 Å². The van der Waals surface area contributed by atoms with Crippen LogP contribution in [0.2, 0.25) is 0 Å². The number of hydrogen-bond acceptors (Lipinski definition) is 10. The number of hydrogen-bond donors (Lipinski definition) is 0. The van der Waals surface area contributed by atoms with Crippen LogP contribution >= 0.6 is 0 Å². The average molecular weight is 969 g/mol. The minimum atomic E-state index is -0.239. The van der Waals surface area contributed by atoms with E-state index in [9.17, 15) is 0 Å². The average Bonchev–Trinajstić information content (AvgIpc) is 3.42. The molecule has 0 saturated heterocycles. The van der Waals surface area contributed by atoms with Crippen molar-refractivity contribution in [2.24, 2.45) is 0 Å². The quantitative estimate of drug-likeness (QED) is 0.130. The lowest BCUT2D eigenvalue weighted by atomic mass is 9.33. The third-order valence-electron chi connectivity index (χ3n) is 15.0. The number of rotatable bonds is 9. The van der Waals surface area contributed by atoms with E-state index in [1.807, 2.05) is 68.7 Å². The van der Waals surface area contributed by atoms with E-state index in [4.69, 9.17) is 37.9 Å². The minimum absolute atomic E-state index is 0.0542. The SMILES string of the molecule is CC(C)Oc1cccc(-c2cc3c4c(c2)Oc2cc(-c5cccc(OC(C)Cc6ccc7c8c6Oc6cc(-c9cncnc9)cc9c6B8c6c(cc(C(C)(C)C)cc6O7)O9)c5)cc5c2B4c2c(cccc2O5)O3)c1. The zero-order valence-electron chi connectivity index (χ0n) is 41.5. The Kier molecular flexibility index (Phi) is 9.11. The molecule has 10 nitrogen and oxygen atoms in total. The Balaban J connectivity index is 0.761. The molecule has 12 heteroatoms. The molecule has 0 radical (unpaired) electrons. The van der Waals surface area contributed by atoms with E-state index in [0.717, 1.165) is 158 Å². The molecule has 0 fully saturated rings. The first-order valence-corrected chi connectivity index (χ1v) is 25.3. The van der Waals surface area contributed by atoms with E-state index < -0.39 is 0 Å². The maximum Gasteiger partial charge on any atom is 0.270 e. The topological polar surface area (TPSA) is 99.6 Å². The number of ether oxygens (including phenoxy) is 8. The normalized spacial score (nSPS) is 14.3. The molecule has 8 aromatic carbocycles. The highest BCUT2D eigenvalue weighted by Gasteiger charge is 2.49. The third-order valence-corrected chi connectivity index (χ3v) is 15.0. The van der Waals surface area contributed by atoms with Gasteiger partial charge in [-0.15, -0.1) is 0 Å². The van der Waals surface area contributed by atoms with Gasteiger partial charge in [-0.3, -0.25) is 0 Å². The molecule has 15 rings (SSSR count). The Morgan fingerprint density at radius 2 is 0.865 bits per heavy atom. The van der Waals surface area contributed by atoms with E-state index in [0.29, 0.717) is 6.42 Å². The molecule has 0 aliphatic carbocycles. The van der Waals surface area contributed by atoms with Crippen LogP contribution in [0.1, 0.15) is 52.7 Å². The molecule has 7 heterocycles. The fourth-order valence-corrected chi connectivity index (χ4v) is 11.8. The molecule has 74 heavy (non-hydrogen) atoms. The Hall–Kier alpha value is -8.63. The highest BCUT2D eigenvalue weighted by atomic mass is 16.5. The first kappa shape index (κ1) is 43.0. The largest absolute Gasteiger partial charge is 0.491 e. The summed E-state index contributed by atoms with van der Waals surface area (Å²) < 4.78 is 53.9. The maximum absolute atomic E-state index is 7.04. The van der Waals surface area contributed by atoms with Crippen molar-refractivity contribution in [3.63, 3.8) is 0 Å². The first-order chi connectivity index (χ1) is 35.9. The standard InChI is InChI=1S/C62H46B2N2O8/c1-32(2)67-42-12-7-10-34(19-42)37-21-47-56-49(23-37)72-50-24-38(22-48-57(50)63(56)55-44(69-47)14-9-15-45(55)70-48)35-11-8-13-43(20-35)68-33(3)18-36-16-17-46-60-61(36)74-52-26-39(40-29-65-31-66-30-40)25-51-58(52)64(60)59-53(71-46)27-41(62(4,5)6)28-54(59)73-51/h7-17,19-33H,18H2,1-6H3. The van der Waals surface area contributed by atoms with Gasteiger partial charge in [-0.1, -0.05) is 57.2 Å². The van der Waals surface area contributed by atoms with E-state index in [-0.39, 0.29) is 31.0 Å². The predicted octanol–water partition coefficient (Wildman–Crippen LogP) is 11.2. The molecule has 0 saturated carbocycles.